The fraction of sp³-hybridized carbons (Fsp3) is 0.480. The van der Waals surface area contributed by atoms with Crippen LogP contribution < -0.4 is 15.0 Å². The van der Waals surface area contributed by atoms with Gasteiger partial charge in [-0.1, -0.05) is 13.8 Å². The summed E-state index contributed by atoms with van der Waals surface area (Å²) >= 11 is 0. The number of aliphatic hydroxyl groups is 1. The van der Waals surface area contributed by atoms with E-state index in [9.17, 15) is 27.9 Å². The molecule has 4 heterocycles. The molecule has 2 N–H and O–H groups in total. The number of fused-ring (bicyclic) bond motifs is 1. The van der Waals surface area contributed by atoms with Gasteiger partial charge < -0.3 is 24.5 Å². The van der Waals surface area contributed by atoms with Gasteiger partial charge >= 0.3 is 6.18 Å². The van der Waals surface area contributed by atoms with Gasteiger partial charge in [-0.25, -0.2) is 15.0 Å². The van der Waals surface area contributed by atoms with Crippen LogP contribution in [-0.4, -0.2) is 62.2 Å². The van der Waals surface area contributed by atoms with Crippen LogP contribution in [0.25, 0.3) is 11.0 Å². The van der Waals surface area contributed by atoms with Crippen molar-refractivity contribution in [3.63, 3.8) is 0 Å². The molecule has 0 radical (unpaired) electrons. The SMILES string of the molecule is COc1cc(C(=O)N2C[C@@H](C)C(O)[C@@H](C)C2)cnc1O[C@@H](C)c1cc2c(=O)[nH]c(C)nc2nc1C(F)(F)F. The molecule has 1 amide bonds. The van der Waals surface area contributed by atoms with Crippen molar-refractivity contribution in [3.8, 4) is 11.6 Å². The number of ether oxygens (including phenoxy) is 2. The minimum absolute atomic E-state index is 0.0401. The van der Waals surface area contributed by atoms with Crippen LogP contribution in [0.2, 0.25) is 0 Å². The van der Waals surface area contributed by atoms with Crippen molar-refractivity contribution in [2.45, 2.75) is 46.1 Å². The van der Waals surface area contributed by atoms with Crippen molar-refractivity contribution in [2.75, 3.05) is 20.2 Å². The topological polar surface area (TPSA) is 131 Å². The van der Waals surface area contributed by atoms with Crippen molar-refractivity contribution in [3.05, 3.63) is 51.3 Å². The number of methoxy groups -OCH3 is 1. The molecule has 38 heavy (non-hydrogen) atoms. The number of nitrogens with zero attached hydrogens (tertiary/aromatic N) is 4. The lowest BCUT2D eigenvalue weighted by molar-refractivity contribution is -0.142. The number of amides is 1. The summed E-state index contributed by atoms with van der Waals surface area (Å²) in [6.45, 7) is 7.25. The number of pyridine rings is 2. The zero-order chi connectivity index (χ0) is 27.9. The minimum atomic E-state index is -4.84. The number of aliphatic hydroxyl groups excluding tert-OH is 1. The van der Waals surface area contributed by atoms with E-state index in [4.69, 9.17) is 9.47 Å². The molecule has 0 aliphatic carbocycles. The van der Waals surface area contributed by atoms with Gasteiger partial charge in [-0.05, 0) is 31.7 Å². The summed E-state index contributed by atoms with van der Waals surface area (Å²) in [6.07, 6.45) is -5.35. The molecule has 0 bridgehead atoms. The Bertz CT molecular complexity index is 1410. The molecule has 1 aliphatic rings. The first-order chi connectivity index (χ1) is 17.8. The molecule has 10 nitrogen and oxygen atoms in total. The molecule has 0 spiro atoms. The number of carbonyl (C=O) groups excluding carboxylic acids is 1. The molecule has 1 aliphatic heterocycles. The molecule has 4 atom stereocenters. The van der Waals surface area contributed by atoms with E-state index in [1.165, 1.54) is 33.2 Å². The number of carbonyl (C=O) groups is 1. The molecule has 13 heteroatoms. The lowest BCUT2D eigenvalue weighted by Gasteiger charge is -2.38. The van der Waals surface area contributed by atoms with E-state index in [1.807, 2.05) is 13.8 Å². The Morgan fingerprint density at radius 1 is 1.21 bits per heavy atom. The Balaban J connectivity index is 1.65. The monoisotopic (exact) mass is 535 g/mol. The van der Waals surface area contributed by atoms with Crippen LogP contribution in [0.4, 0.5) is 13.2 Å². The number of hydrogen-bond donors (Lipinski definition) is 2. The molecule has 3 aromatic rings. The fourth-order valence-electron chi connectivity index (χ4n) is 4.64. The van der Waals surface area contributed by atoms with Gasteiger partial charge in [0.25, 0.3) is 17.3 Å². The molecule has 1 fully saturated rings. The zero-order valence-electron chi connectivity index (χ0n) is 21.5. The standard InChI is InChI=1S/C25H28F3N5O5/c1-11-9-33(10-12(2)19(11)34)24(36)15-6-18(37-5)23(29-8-15)38-13(3)16-7-17-21(30-14(4)31-22(17)35)32-20(16)25(26,27)28/h6-8,11-13,19,34H,9-10H2,1-5H3,(H,30,31,32,35)/t11-,12+,13-,19?/m0/s1. The third kappa shape index (κ3) is 5.28. The summed E-state index contributed by atoms with van der Waals surface area (Å²) in [6, 6.07) is 2.46. The maximum absolute atomic E-state index is 13.9. The Labute approximate surface area is 215 Å². The summed E-state index contributed by atoms with van der Waals surface area (Å²) in [7, 11) is 1.32. The van der Waals surface area contributed by atoms with E-state index in [-0.39, 0.29) is 57.4 Å². The van der Waals surface area contributed by atoms with Gasteiger partial charge in [-0.15, -0.1) is 0 Å². The average Bonchev–Trinajstić information content (AvgIpc) is 2.85. The number of H-pyrrole nitrogens is 1. The summed E-state index contributed by atoms with van der Waals surface area (Å²) in [5, 5.41) is 10.1. The minimum Gasteiger partial charge on any atom is -0.491 e. The molecule has 1 saturated heterocycles. The van der Waals surface area contributed by atoms with Crippen molar-refractivity contribution in [1.29, 1.82) is 0 Å². The molecule has 0 saturated carbocycles. The van der Waals surface area contributed by atoms with E-state index >= 15 is 0 Å². The van der Waals surface area contributed by atoms with Crippen molar-refractivity contribution in [2.24, 2.45) is 11.8 Å². The number of likely N-dealkylation sites (tertiary alicyclic amines) is 1. The second kappa shape index (κ2) is 10.2. The van der Waals surface area contributed by atoms with Crippen LogP contribution >= 0.6 is 0 Å². The van der Waals surface area contributed by atoms with Gasteiger partial charge in [0.15, 0.2) is 17.1 Å². The van der Waals surface area contributed by atoms with Gasteiger partial charge in [0, 0.05) is 30.9 Å². The third-order valence-corrected chi connectivity index (χ3v) is 6.59. The quantitative estimate of drug-likeness (QED) is 0.509. The second-order valence-corrected chi connectivity index (χ2v) is 9.59. The molecule has 204 valence electrons. The molecular weight excluding hydrogens is 507 g/mol. The third-order valence-electron chi connectivity index (χ3n) is 6.59. The number of halogens is 3. The van der Waals surface area contributed by atoms with Crippen LogP contribution in [0.3, 0.4) is 0 Å². The smallest absolute Gasteiger partial charge is 0.433 e. The van der Waals surface area contributed by atoms with Gasteiger partial charge in [0.05, 0.1) is 24.2 Å². The van der Waals surface area contributed by atoms with Crippen LogP contribution in [0.5, 0.6) is 11.6 Å². The highest BCUT2D eigenvalue weighted by Gasteiger charge is 2.38. The number of aromatic nitrogens is 4. The number of aromatic amines is 1. The highest BCUT2D eigenvalue weighted by atomic mass is 19.4. The Morgan fingerprint density at radius 2 is 1.87 bits per heavy atom. The largest absolute Gasteiger partial charge is 0.491 e. The number of rotatable bonds is 5. The first kappa shape index (κ1) is 27.3. The summed E-state index contributed by atoms with van der Waals surface area (Å²) in [5.41, 5.74) is -2.39. The summed E-state index contributed by atoms with van der Waals surface area (Å²) < 4.78 is 52.7. The van der Waals surface area contributed by atoms with Gasteiger partial charge in [-0.2, -0.15) is 13.2 Å². The Hall–Kier alpha value is -3.74. The van der Waals surface area contributed by atoms with Crippen LogP contribution in [0.15, 0.2) is 23.1 Å². The Kier molecular flexibility index (Phi) is 7.33. The fourth-order valence-corrected chi connectivity index (χ4v) is 4.64. The van der Waals surface area contributed by atoms with Gasteiger partial charge in [0.2, 0.25) is 0 Å². The molecule has 4 rings (SSSR count). The first-order valence-electron chi connectivity index (χ1n) is 12.0. The highest BCUT2D eigenvalue weighted by Crippen LogP contribution is 2.37. The van der Waals surface area contributed by atoms with E-state index in [0.717, 1.165) is 6.07 Å². The molecule has 1 unspecified atom stereocenters. The summed E-state index contributed by atoms with van der Waals surface area (Å²) in [4.78, 5) is 41.2. The average molecular weight is 536 g/mol. The van der Waals surface area contributed by atoms with Crippen LogP contribution in [0.1, 0.15) is 54.3 Å². The molecule has 0 aromatic carbocycles. The van der Waals surface area contributed by atoms with E-state index < -0.39 is 29.6 Å². The van der Waals surface area contributed by atoms with Gasteiger partial charge in [0.1, 0.15) is 11.9 Å². The maximum atomic E-state index is 13.9. The maximum Gasteiger partial charge on any atom is 0.433 e. The van der Waals surface area contributed by atoms with E-state index in [1.54, 1.807) is 4.90 Å². The van der Waals surface area contributed by atoms with Gasteiger partial charge in [-0.3, -0.25) is 9.59 Å². The number of alkyl halides is 3. The van der Waals surface area contributed by atoms with Crippen LogP contribution in [-0.2, 0) is 6.18 Å². The first-order valence-corrected chi connectivity index (χ1v) is 12.0. The number of nitrogens with one attached hydrogen (secondary N) is 1. The highest BCUT2D eigenvalue weighted by molar-refractivity contribution is 5.94. The number of piperidine rings is 1. The number of hydrogen-bond acceptors (Lipinski definition) is 8. The lowest BCUT2D eigenvalue weighted by atomic mass is 9.88. The molecule has 3 aromatic heterocycles. The van der Waals surface area contributed by atoms with E-state index in [2.05, 4.69) is 19.9 Å². The normalized spacial score (nSPS) is 20.9. The summed E-state index contributed by atoms with van der Waals surface area (Å²) in [5.74, 6) is -0.499. The van der Waals surface area contributed by atoms with Crippen molar-refractivity contribution < 1.29 is 32.5 Å². The lowest BCUT2D eigenvalue weighted by Crippen LogP contribution is -2.49. The predicted octanol–water partition coefficient (Wildman–Crippen LogP) is 3.28. The number of aryl methyl sites for hydroxylation is 1. The molecular formula is C25H28F3N5O5. The van der Waals surface area contributed by atoms with Crippen molar-refractivity contribution in [1.82, 2.24) is 24.8 Å². The van der Waals surface area contributed by atoms with E-state index in [0.29, 0.717) is 13.1 Å². The zero-order valence-corrected chi connectivity index (χ0v) is 21.5. The van der Waals surface area contributed by atoms with Crippen LogP contribution in [0, 0.1) is 18.8 Å². The van der Waals surface area contributed by atoms with Crippen molar-refractivity contribution >= 4 is 16.9 Å². The predicted molar refractivity (Wildman–Crippen MR) is 130 cm³/mol. The Morgan fingerprint density at radius 3 is 2.47 bits per heavy atom. The second-order valence-electron chi connectivity index (χ2n) is 9.59.